The molecule has 1 fully saturated rings. The third-order valence-corrected chi connectivity index (χ3v) is 3.14. The van der Waals surface area contributed by atoms with E-state index < -0.39 is 0 Å². The highest BCUT2D eigenvalue weighted by Crippen LogP contribution is 2.30. The molecule has 1 aromatic heterocycles. The van der Waals surface area contributed by atoms with Gasteiger partial charge in [-0.3, -0.25) is 4.57 Å². The van der Waals surface area contributed by atoms with E-state index in [1.165, 1.54) is 0 Å². The molecule has 4 nitrogen and oxygen atoms in total. The van der Waals surface area contributed by atoms with Gasteiger partial charge >= 0.3 is 0 Å². The van der Waals surface area contributed by atoms with Gasteiger partial charge in [0.15, 0.2) is 0 Å². The van der Waals surface area contributed by atoms with Crippen LogP contribution in [-0.2, 0) is 10.2 Å². The van der Waals surface area contributed by atoms with Crippen molar-refractivity contribution < 1.29 is 4.74 Å². The molecule has 1 saturated heterocycles. The fourth-order valence-electron chi connectivity index (χ4n) is 2.05. The zero-order valence-corrected chi connectivity index (χ0v) is 10.8. The lowest BCUT2D eigenvalue weighted by molar-refractivity contribution is 0.0680. The molecule has 2 rings (SSSR count). The van der Waals surface area contributed by atoms with Crippen molar-refractivity contribution in [2.24, 2.45) is 0 Å². The van der Waals surface area contributed by atoms with Gasteiger partial charge in [-0.05, 0) is 24.4 Å². The quantitative estimate of drug-likeness (QED) is 0.761. The van der Waals surface area contributed by atoms with E-state index in [2.05, 4.69) is 35.5 Å². The van der Waals surface area contributed by atoms with Crippen LogP contribution in [-0.4, -0.2) is 28.0 Å². The number of ether oxygens (including phenoxy) is 1. The molecule has 0 radical (unpaired) electrons. The Morgan fingerprint density at radius 2 is 1.88 bits per heavy atom. The molecule has 0 spiro atoms. The lowest BCUT2D eigenvalue weighted by Crippen LogP contribution is -2.26. The summed E-state index contributed by atoms with van der Waals surface area (Å²) in [6, 6.07) is 0.380. The molecule has 0 saturated carbocycles. The number of aromatic nitrogens is 3. The van der Waals surface area contributed by atoms with Crippen LogP contribution in [0, 0.1) is 0 Å². The summed E-state index contributed by atoms with van der Waals surface area (Å²) in [5, 5.41) is 8.70. The minimum absolute atomic E-state index is 0.0293. The molecule has 0 unspecified atom stereocenters. The maximum Gasteiger partial charge on any atom is 0.225 e. The first-order chi connectivity index (χ1) is 7.50. The largest absolute Gasteiger partial charge is 0.381 e. The van der Waals surface area contributed by atoms with Gasteiger partial charge in [0.1, 0.15) is 5.82 Å². The molecule has 0 amide bonds. The van der Waals surface area contributed by atoms with Crippen LogP contribution in [0.5, 0.6) is 0 Å². The van der Waals surface area contributed by atoms with Crippen molar-refractivity contribution in [3.8, 4) is 0 Å². The zero-order valence-electron chi connectivity index (χ0n) is 10.0. The molecule has 16 heavy (non-hydrogen) atoms. The van der Waals surface area contributed by atoms with Gasteiger partial charge in [-0.25, -0.2) is 0 Å². The standard InChI is InChI=1S/C11H18ClN3O/c1-11(2,3)9-13-14-10(12)15(9)8-4-6-16-7-5-8/h8H,4-7H2,1-3H3. The predicted molar refractivity (Wildman–Crippen MR) is 62.8 cm³/mol. The zero-order chi connectivity index (χ0) is 11.8. The number of nitrogens with zero attached hydrogens (tertiary/aromatic N) is 3. The molecule has 0 N–H and O–H groups in total. The van der Waals surface area contributed by atoms with Crippen LogP contribution in [0.25, 0.3) is 0 Å². The average molecular weight is 244 g/mol. The maximum absolute atomic E-state index is 6.13. The smallest absolute Gasteiger partial charge is 0.225 e. The Bertz CT molecular complexity index is 364. The van der Waals surface area contributed by atoms with Crippen LogP contribution >= 0.6 is 11.6 Å². The number of halogens is 1. The average Bonchev–Trinajstić information content (AvgIpc) is 2.61. The molecule has 0 bridgehead atoms. The van der Waals surface area contributed by atoms with Crippen LogP contribution in [0.2, 0.25) is 5.28 Å². The number of hydrogen-bond donors (Lipinski definition) is 0. The monoisotopic (exact) mass is 243 g/mol. The van der Waals surface area contributed by atoms with Gasteiger partial charge in [-0.2, -0.15) is 0 Å². The van der Waals surface area contributed by atoms with Crippen LogP contribution in [0.4, 0.5) is 0 Å². The van der Waals surface area contributed by atoms with Gasteiger partial charge in [0.05, 0.1) is 0 Å². The molecule has 0 atom stereocenters. The van der Waals surface area contributed by atoms with E-state index in [4.69, 9.17) is 16.3 Å². The van der Waals surface area contributed by atoms with E-state index >= 15 is 0 Å². The second-order valence-electron chi connectivity index (χ2n) is 5.26. The SMILES string of the molecule is CC(C)(C)c1nnc(Cl)n1C1CCOCC1. The molecule has 5 heteroatoms. The summed E-state index contributed by atoms with van der Waals surface area (Å²) in [4.78, 5) is 0. The number of rotatable bonds is 1. The van der Waals surface area contributed by atoms with E-state index in [9.17, 15) is 0 Å². The van der Waals surface area contributed by atoms with Crippen LogP contribution in [0.3, 0.4) is 0 Å². The predicted octanol–water partition coefficient (Wildman–Crippen LogP) is 2.58. The van der Waals surface area contributed by atoms with Crippen molar-refractivity contribution >= 4 is 11.6 Å². The molecular weight excluding hydrogens is 226 g/mol. The minimum Gasteiger partial charge on any atom is -0.381 e. The second-order valence-corrected chi connectivity index (χ2v) is 5.59. The summed E-state index contributed by atoms with van der Waals surface area (Å²) in [5.74, 6) is 0.962. The summed E-state index contributed by atoms with van der Waals surface area (Å²) in [7, 11) is 0. The van der Waals surface area contributed by atoms with E-state index in [0.29, 0.717) is 11.3 Å². The molecule has 1 aliphatic rings. The van der Waals surface area contributed by atoms with Crippen LogP contribution in [0.1, 0.15) is 45.5 Å². The fourth-order valence-corrected chi connectivity index (χ4v) is 2.31. The minimum atomic E-state index is -0.0293. The highest BCUT2D eigenvalue weighted by atomic mass is 35.5. The lowest BCUT2D eigenvalue weighted by Gasteiger charge is -2.28. The van der Waals surface area contributed by atoms with Gasteiger partial charge in [0.25, 0.3) is 0 Å². The van der Waals surface area contributed by atoms with Gasteiger partial charge in [-0.1, -0.05) is 20.8 Å². The second kappa shape index (κ2) is 4.34. The van der Waals surface area contributed by atoms with Crippen molar-refractivity contribution in [3.63, 3.8) is 0 Å². The third-order valence-electron chi connectivity index (χ3n) is 2.88. The van der Waals surface area contributed by atoms with Crippen molar-refractivity contribution in [1.82, 2.24) is 14.8 Å². The molecule has 90 valence electrons. The van der Waals surface area contributed by atoms with Gasteiger partial charge < -0.3 is 4.74 Å². The van der Waals surface area contributed by atoms with Crippen molar-refractivity contribution in [2.75, 3.05) is 13.2 Å². The van der Waals surface area contributed by atoms with Crippen molar-refractivity contribution in [1.29, 1.82) is 0 Å². The van der Waals surface area contributed by atoms with E-state index in [0.717, 1.165) is 31.9 Å². The summed E-state index contributed by atoms with van der Waals surface area (Å²) in [5.41, 5.74) is -0.0293. The summed E-state index contributed by atoms with van der Waals surface area (Å²) < 4.78 is 7.44. The maximum atomic E-state index is 6.13. The first kappa shape index (κ1) is 11.9. The first-order valence-electron chi connectivity index (χ1n) is 5.69. The molecule has 0 aliphatic carbocycles. The molecular formula is C11H18ClN3O. The first-order valence-corrected chi connectivity index (χ1v) is 6.06. The van der Waals surface area contributed by atoms with Crippen LogP contribution < -0.4 is 0 Å². The highest BCUT2D eigenvalue weighted by molar-refractivity contribution is 6.28. The van der Waals surface area contributed by atoms with E-state index in [-0.39, 0.29) is 5.41 Å². The Morgan fingerprint density at radius 1 is 1.25 bits per heavy atom. The Hall–Kier alpha value is -0.610. The number of hydrogen-bond acceptors (Lipinski definition) is 3. The third kappa shape index (κ3) is 2.23. The van der Waals surface area contributed by atoms with E-state index in [1.54, 1.807) is 0 Å². The molecule has 2 heterocycles. The fraction of sp³-hybridized carbons (Fsp3) is 0.818. The van der Waals surface area contributed by atoms with Crippen LogP contribution in [0.15, 0.2) is 0 Å². The summed E-state index contributed by atoms with van der Waals surface area (Å²) >= 11 is 6.13. The van der Waals surface area contributed by atoms with Gasteiger partial charge in [0, 0.05) is 24.7 Å². The Kier molecular flexibility index (Phi) is 3.22. The Balaban J connectivity index is 2.34. The van der Waals surface area contributed by atoms with E-state index in [1.807, 2.05) is 0 Å². The van der Waals surface area contributed by atoms with Gasteiger partial charge in [-0.15, -0.1) is 10.2 Å². The summed E-state index contributed by atoms with van der Waals surface area (Å²) in [6.07, 6.45) is 1.97. The van der Waals surface area contributed by atoms with Crippen molar-refractivity contribution in [2.45, 2.75) is 45.1 Å². The Morgan fingerprint density at radius 3 is 2.44 bits per heavy atom. The van der Waals surface area contributed by atoms with Crippen molar-refractivity contribution in [3.05, 3.63) is 11.1 Å². The summed E-state index contributed by atoms with van der Waals surface area (Å²) in [6.45, 7) is 7.97. The topological polar surface area (TPSA) is 39.9 Å². The normalized spacial score (nSPS) is 19.0. The highest BCUT2D eigenvalue weighted by Gasteiger charge is 2.28. The van der Waals surface area contributed by atoms with Gasteiger partial charge in [0.2, 0.25) is 5.28 Å². The molecule has 1 aliphatic heterocycles. The molecule has 0 aromatic carbocycles. The Labute approximate surface area is 101 Å². The lowest BCUT2D eigenvalue weighted by atomic mass is 9.94. The molecule has 1 aromatic rings.